The molecule has 0 radical (unpaired) electrons. The van der Waals surface area contributed by atoms with Crippen molar-refractivity contribution in [1.29, 1.82) is 0 Å². The molecular weight excluding hydrogens is 354 g/mol. The van der Waals surface area contributed by atoms with Crippen molar-refractivity contribution in [3.63, 3.8) is 0 Å². The monoisotopic (exact) mass is 371 g/mol. The zero-order valence-corrected chi connectivity index (χ0v) is 14.8. The van der Waals surface area contributed by atoms with Gasteiger partial charge in [-0.05, 0) is 18.2 Å². The summed E-state index contributed by atoms with van der Waals surface area (Å²) in [6.07, 6.45) is 3.06. The topological polar surface area (TPSA) is 101 Å². The van der Waals surface area contributed by atoms with Crippen LogP contribution in [0.5, 0.6) is 5.75 Å². The summed E-state index contributed by atoms with van der Waals surface area (Å²) in [6.45, 7) is 3.51. The molecule has 1 heterocycles. The van der Waals surface area contributed by atoms with Gasteiger partial charge in [-0.1, -0.05) is 25.4 Å². The highest BCUT2D eigenvalue weighted by Crippen LogP contribution is 2.27. The van der Waals surface area contributed by atoms with Crippen LogP contribution < -0.4 is 5.32 Å². The molecule has 1 atom stereocenters. The number of nitrogens with one attached hydrogen (secondary N) is 1. The van der Waals surface area contributed by atoms with Gasteiger partial charge in [0.2, 0.25) is 5.91 Å². The maximum atomic E-state index is 12.3. The highest BCUT2D eigenvalue weighted by atomic mass is 35.5. The lowest BCUT2D eigenvalue weighted by Gasteiger charge is -2.14. The van der Waals surface area contributed by atoms with Gasteiger partial charge in [0.05, 0.1) is 40.0 Å². The van der Waals surface area contributed by atoms with Crippen LogP contribution in [-0.2, 0) is 21.2 Å². The molecule has 2 aromatic rings. The van der Waals surface area contributed by atoms with Crippen LogP contribution in [0.25, 0.3) is 0 Å². The van der Waals surface area contributed by atoms with Crippen molar-refractivity contribution in [2.75, 3.05) is 11.1 Å². The van der Waals surface area contributed by atoms with E-state index in [0.29, 0.717) is 11.6 Å². The zero-order valence-electron chi connectivity index (χ0n) is 13.2. The maximum Gasteiger partial charge on any atom is 0.229 e. The van der Waals surface area contributed by atoms with Crippen LogP contribution in [0, 0.1) is 5.92 Å². The van der Waals surface area contributed by atoms with E-state index >= 15 is 0 Å². The van der Waals surface area contributed by atoms with E-state index in [1.54, 1.807) is 13.1 Å². The average Bonchev–Trinajstić information content (AvgIpc) is 2.94. The smallest absolute Gasteiger partial charge is 0.229 e. The minimum absolute atomic E-state index is 0.0459. The fourth-order valence-electron chi connectivity index (χ4n) is 2.03. The molecule has 0 aliphatic rings. The fraction of sp³-hybridized carbons (Fsp3) is 0.333. The van der Waals surface area contributed by atoms with E-state index in [2.05, 4.69) is 10.4 Å². The van der Waals surface area contributed by atoms with Crippen LogP contribution >= 0.6 is 11.6 Å². The summed E-state index contributed by atoms with van der Waals surface area (Å²) in [5, 5.41) is 16.9. The Morgan fingerprint density at radius 1 is 1.46 bits per heavy atom. The standard InChI is InChI=1S/C15H18ClN3O4S/c1-3-24(22,23)12-4-5-14(20)13(6-12)18-15(21)10(2)8-19-9-11(16)7-17-19/h4-7,9-10,20H,3,8H2,1-2H3,(H,18,21). The molecule has 1 aromatic heterocycles. The number of carbonyl (C=O) groups is 1. The first-order valence-electron chi connectivity index (χ1n) is 7.27. The van der Waals surface area contributed by atoms with Gasteiger partial charge in [0.25, 0.3) is 0 Å². The molecule has 0 fully saturated rings. The molecule has 1 unspecified atom stereocenters. The normalized spacial score (nSPS) is 12.8. The fourth-order valence-corrected chi connectivity index (χ4v) is 3.10. The van der Waals surface area contributed by atoms with E-state index < -0.39 is 15.8 Å². The Bertz CT molecular complexity index is 848. The van der Waals surface area contributed by atoms with Gasteiger partial charge in [0.1, 0.15) is 5.75 Å². The molecule has 130 valence electrons. The van der Waals surface area contributed by atoms with E-state index in [0.717, 1.165) is 0 Å². The summed E-state index contributed by atoms with van der Waals surface area (Å²) >= 11 is 5.77. The summed E-state index contributed by atoms with van der Waals surface area (Å²) in [5.41, 5.74) is 0.0554. The number of carbonyl (C=O) groups excluding carboxylic acids is 1. The second-order valence-electron chi connectivity index (χ2n) is 5.35. The van der Waals surface area contributed by atoms with Gasteiger partial charge in [0.15, 0.2) is 9.84 Å². The molecule has 0 bridgehead atoms. The molecule has 0 aliphatic carbocycles. The van der Waals surface area contributed by atoms with Crippen molar-refractivity contribution in [2.45, 2.75) is 25.3 Å². The lowest BCUT2D eigenvalue weighted by Crippen LogP contribution is -2.24. The van der Waals surface area contributed by atoms with Gasteiger partial charge in [-0.25, -0.2) is 8.42 Å². The molecule has 7 nitrogen and oxygen atoms in total. The number of amides is 1. The van der Waals surface area contributed by atoms with Gasteiger partial charge in [0, 0.05) is 6.20 Å². The van der Waals surface area contributed by atoms with E-state index in [9.17, 15) is 18.3 Å². The van der Waals surface area contributed by atoms with E-state index in [1.807, 2.05) is 0 Å². The first-order valence-corrected chi connectivity index (χ1v) is 9.30. The number of aromatic nitrogens is 2. The maximum absolute atomic E-state index is 12.3. The number of nitrogens with zero attached hydrogens (tertiary/aromatic N) is 2. The number of halogens is 1. The van der Waals surface area contributed by atoms with Crippen molar-refractivity contribution in [3.05, 3.63) is 35.6 Å². The Hall–Kier alpha value is -2.06. The molecule has 2 N–H and O–H groups in total. The quantitative estimate of drug-likeness (QED) is 0.759. The molecule has 1 aromatic carbocycles. The molecule has 0 saturated heterocycles. The first kappa shape index (κ1) is 18.3. The SMILES string of the molecule is CCS(=O)(=O)c1ccc(O)c(NC(=O)C(C)Cn2cc(Cl)cn2)c1. The predicted molar refractivity (Wildman–Crippen MR) is 90.9 cm³/mol. The summed E-state index contributed by atoms with van der Waals surface area (Å²) in [7, 11) is -3.43. The number of anilines is 1. The Balaban J connectivity index is 2.14. The van der Waals surface area contributed by atoms with Crippen molar-refractivity contribution < 1.29 is 18.3 Å². The van der Waals surface area contributed by atoms with Crippen LogP contribution in [0.2, 0.25) is 5.02 Å². The van der Waals surface area contributed by atoms with Crippen LogP contribution in [0.3, 0.4) is 0 Å². The Kier molecular flexibility index (Phi) is 5.51. The number of hydrogen-bond donors (Lipinski definition) is 2. The van der Waals surface area contributed by atoms with Crippen LogP contribution in [0.15, 0.2) is 35.5 Å². The van der Waals surface area contributed by atoms with Crippen molar-refractivity contribution in [1.82, 2.24) is 9.78 Å². The molecule has 24 heavy (non-hydrogen) atoms. The zero-order chi connectivity index (χ0) is 17.9. The number of aromatic hydroxyl groups is 1. The summed E-state index contributed by atoms with van der Waals surface area (Å²) in [5.74, 6) is -1.11. The molecule has 0 aliphatic heterocycles. The second-order valence-corrected chi connectivity index (χ2v) is 8.07. The molecule has 2 rings (SSSR count). The lowest BCUT2D eigenvalue weighted by molar-refractivity contribution is -0.119. The van der Waals surface area contributed by atoms with Crippen LogP contribution in [-0.4, -0.2) is 35.0 Å². The number of benzene rings is 1. The number of phenols is 1. The van der Waals surface area contributed by atoms with Crippen molar-refractivity contribution >= 4 is 33.0 Å². The third kappa shape index (κ3) is 4.27. The number of hydrogen-bond acceptors (Lipinski definition) is 5. The molecule has 0 saturated carbocycles. The minimum Gasteiger partial charge on any atom is -0.506 e. The third-order valence-electron chi connectivity index (χ3n) is 3.48. The van der Waals surface area contributed by atoms with Crippen molar-refractivity contribution in [3.8, 4) is 5.75 Å². The van der Waals surface area contributed by atoms with Gasteiger partial charge in [-0.15, -0.1) is 0 Å². The second kappa shape index (κ2) is 7.23. The van der Waals surface area contributed by atoms with E-state index in [1.165, 1.54) is 36.0 Å². The lowest BCUT2D eigenvalue weighted by atomic mass is 10.1. The largest absolute Gasteiger partial charge is 0.506 e. The Morgan fingerprint density at radius 3 is 2.75 bits per heavy atom. The number of sulfone groups is 1. The third-order valence-corrected chi connectivity index (χ3v) is 5.40. The van der Waals surface area contributed by atoms with Crippen molar-refractivity contribution in [2.24, 2.45) is 5.92 Å². The Morgan fingerprint density at radius 2 is 2.17 bits per heavy atom. The first-order chi connectivity index (χ1) is 11.2. The summed E-state index contributed by atoms with van der Waals surface area (Å²) in [4.78, 5) is 12.3. The highest BCUT2D eigenvalue weighted by Gasteiger charge is 2.18. The van der Waals surface area contributed by atoms with E-state index in [-0.39, 0.29) is 28.0 Å². The highest BCUT2D eigenvalue weighted by molar-refractivity contribution is 7.91. The van der Waals surface area contributed by atoms with Gasteiger partial charge >= 0.3 is 0 Å². The molecule has 0 spiro atoms. The minimum atomic E-state index is -3.43. The summed E-state index contributed by atoms with van der Waals surface area (Å²) in [6, 6.07) is 3.80. The van der Waals surface area contributed by atoms with Gasteiger partial charge in [-0.3, -0.25) is 9.48 Å². The van der Waals surface area contributed by atoms with E-state index in [4.69, 9.17) is 11.6 Å². The molecule has 1 amide bonds. The molecular formula is C15H18ClN3O4S. The van der Waals surface area contributed by atoms with Crippen LogP contribution in [0.1, 0.15) is 13.8 Å². The number of phenolic OH excluding ortho intramolecular Hbond substituents is 1. The molecule has 9 heteroatoms. The summed E-state index contributed by atoms with van der Waals surface area (Å²) < 4.78 is 25.4. The average molecular weight is 372 g/mol. The van der Waals surface area contributed by atoms with Gasteiger partial charge < -0.3 is 10.4 Å². The van der Waals surface area contributed by atoms with Crippen LogP contribution in [0.4, 0.5) is 5.69 Å². The van der Waals surface area contributed by atoms with Gasteiger partial charge in [-0.2, -0.15) is 5.10 Å². The predicted octanol–water partition coefficient (Wildman–Crippen LogP) is 2.31. The number of rotatable bonds is 6. The Labute approximate surface area is 145 Å².